The third-order valence-electron chi connectivity index (χ3n) is 5.28. The summed E-state index contributed by atoms with van der Waals surface area (Å²) in [5, 5.41) is 2.71. The van der Waals surface area contributed by atoms with Crippen molar-refractivity contribution >= 4 is 17.5 Å². The van der Waals surface area contributed by atoms with Crippen LogP contribution >= 0.6 is 0 Å². The standard InChI is InChI=1S/C23H25F3N2O4/c1-4-28(14-20(29)27-17-8-9-18-19(13-17)32-11-10-31-18)21(30)22(2,3)15-6-5-7-16(12-15)23(24,25)26/h5-9,12-13H,4,10-11,14H2,1-3H3,(H,27,29). The molecule has 0 fully saturated rings. The van der Waals surface area contributed by atoms with E-state index in [2.05, 4.69) is 5.32 Å². The highest BCUT2D eigenvalue weighted by atomic mass is 19.4. The quantitative estimate of drug-likeness (QED) is 0.715. The number of ether oxygens (including phenoxy) is 2. The van der Waals surface area contributed by atoms with Gasteiger partial charge < -0.3 is 19.7 Å². The van der Waals surface area contributed by atoms with Gasteiger partial charge in [-0.15, -0.1) is 0 Å². The van der Waals surface area contributed by atoms with Gasteiger partial charge in [-0.05, 0) is 44.5 Å². The van der Waals surface area contributed by atoms with E-state index >= 15 is 0 Å². The summed E-state index contributed by atoms with van der Waals surface area (Å²) in [5.74, 6) is 0.221. The minimum atomic E-state index is -4.51. The number of benzene rings is 2. The molecule has 2 amide bonds. The molecular weight excluding hydrogens is 425 g/mol. The lowest BCUT2D eigenvalue weighted by molar-refractivity contribution is -0.139. The van der Waals surface area contributed by atoms with Crippen molar-refractivity contribution in [2.75, 3.05) is 31.6 Å². The van der Waals surface area contributed by atoms with Crippen LogP contribution in [0, 0.1) is 0 Å². The molecule has 32 heavy (non-hydrogen) atoms. The molecule has 1 aliphatic heterocycles. The number of anilines is 1. The molecule has 3 rings (SSSR count). The lowest BCUT2D eigenvalue weighted by atomic mass is 9.82. The molecule has 0 radical (unpaired) electrons. The Kier molecular flexibility index (Phi) is 6.66. The number of hydrogen-bond donors (Lipinski definition) is 1. The van der Waals surface area contributed by atoms with Gasteiger partial charge >= 0.3 is 6.18 Å². The maximum absolute atomic E-state index is 13.2. The van der Waals surface area contributed by atoms with Crippen molar-refractivity contribution in [2.45, 2.75) is 32.4 Å². The van der Waals surface area contributed by atoms with Gasteiger partial charge in [-0.2, -0.15) is 13.2 Å². The van der Waals surface area contributed by atoms with Crippen molar-refractivity contribution in [3.63, 3.8) is 0 Å². The van der Waals surface area contributed by atoms with Crippen LogP contribution in [0.5, 0.6) is 11.5 Å². The zero-order valence-electron chi connectivity index (χ0n) is 18.1. The minimum Gasteiger partial charge on any atom is -0.486 e. The molecule has 2 aromatic carbocycles. The van der Waals surface area contributed by atoms with Crippen LogP contribution in [0.3, 0.4) is 0 Å². The Morgan fingerprint density at radius 2 is 1.66 bits per heavy atom. The average molecular weight is 450 g/mol. The van der Waals surface area contributed by atoms with Gasteiger partial charge in [-0.1, -0.05) is 18.2 Å². The molecule has 0 atom stereocenters. The van der Waals surface area contributed by atoms with Crippen LogP contribution in [-0.4, -0.2) is 43.0 Å². The second kappa shape index (κ2) is 9.10. The predicted molar refractivity (Wildman–Crippen MR) is 113 cm³/mol. The van der Waals surface area contributed by atoms with E-state index in [4.69, 9.17) is 9.47 Å². The fourth-order valence-electron chi connectivity index (χ4n) is 3.43. The van der Waals surface area contributed by atoms with E-state index in [0.29, 0.717) is 30.4 Å². The molecule has 0 unspecified atom stereocenters. The SMILES string of the molecule is CCN(CC(=O)Nc1ccc2c(c1)OCCO2)C(=O)C(C)(C)c1cccc(C(F)(F)F)c1. The Balaban J connectivity index is 1.71. The normalized spacial score (nSPS) is 13.4. The molecule has 0 aliphatic carbocycles. The molecule has 0 saturated heterocycles. The first-order valence-electron chi connectivity index (χ1n) is 10.2. The fraction of sp³-hybridized carbons (Fsp3) is 0.391. The van der Waals surface area contributed by atoms with E-state index in [1.165, 1.54) is 17.0 Å². The summed E-state index contributed by atoms with van der Waals surface area (Å²) in [6.07, 6.45) is -4.51. The van der Waals surface area contributed by atoms with Gasteiger partial charge in [0, 0.05) is 18.3 Å². The van der Waals surface area contributed by atoms with Crippen molar-refractivity contribution in [3.8, 4) is 11.5 Å². The summed E-state index contributed by atoms with van der Waals surface area (Å²) in [4.78, 5) is 27.1. The summed E-state index contributed by atoms with van der Waals surface area (Å²) in [6, 6.07) is 9.68. The minimum absolute atomic E-state index is 0.218. The van der Waals surface area contributed by atoms with Gasteiger partial charge in [0.15, 0.2) is 11.5 Å². The highest BCUT2D eigenvalue weighted by Crippen LogP contribution is 2.34. The van der Waals surface area contributed by atoms with Crippen molar-refractivity contribution in [1.82, 2.24) is 4.90 Å². The smallest absolute Gasteiger partial charge is 0.416 e. The lowest BCUT2D eigenvalue weighted by Crippen LogP contribution is -2.46. The highest BCUT2D eigenvalue weighted by Gasteiger charge is 2.37. The number of alkyl halides is 3. The molecular formula is C23H25F3N2O4. The van der Waals surface area contributed by atoms with E-state index < -0.39 is 29.0 Å². The van der Waals surface area contributed by atoms with E-state index in [9.17, 15) is 22.8 Å². The Morgan fingerprint density at radius 3 is 2.31 bits per heavy atom. The Hall–Kier alpha value is -3.23. The first kappa shape index (κ1) is 23.4. The number of carbonyl (C=O) groups excluding carboxylic acids is 2. The van der Waals surface area contributed by atoms with Gasteiger partial charge in [-0.3, -0.25) is 9.59 Å². The van der Waals surface area contributed by atoms with E-state index in [0.717, 1.165) is 12.1 Å². The molecule has 0 saturated carbocycles. The third kappa shape index (κ3) is 5.15. The van der Waals surface area contributed by atoms with Gasteiger partial charge in [0.05, 0.1) is 17.5 Å². The van der Waals surface area contributed by atoms with Crippen LogP contribution in [0.25, 0.3) is 0 Å². The van der Waals surface area contributed by atoms with Gasteiger partial charge in [-0.25, -0.2) is 0 Å². The molecule has 1 aliphatic rings. The predicted octanol–water partition coefficient (Wildman–Crippen LogP) is 4.24. The number of carbonyl (C=O) groups is 2. The molecule has 172 valence electrons. The van der Waals surface area contributed by atoms with Crippen molar-refractivity contribution in [3.05, 3.63) is 53.6 Å². The van der Waals surface area contributed by atoms with Crippen molar-refractivity contribution in [2.24, 2.45) is 0 Å². The third-order valence-corrected chi connectivity index (χ3v) is 5.28. The van der Waals surface area contributed by atoms with E-state index in [1.54, 1.807) is 39.0 Å². The van der Waals surface area contributed by atoms with Crippen LogP contribution in [0.1, 0.15) is 31.9 Å². The topological polar surface area (TPSA) is 67.9 Å². The van der Waals surface area contributed by atoms with Gasteiger partial charge in [0.2, 0.25) is 11.8 Å². The van der Waals surface area contributed by atoms with Crippen LogP contribution in [-0.2, 0) is 21.2 Å². The maximum Gasteiger partial charge on any atom is 0.416 e. The highest BCUT2D eigenvalue weighted by molar-refractivity contribution is 5.96. The van der Waals surface area contributed by atoms with Crippen LogP contribution < -0.4 is 14.8 Å². The average Bonchev–Trinajstić information content (AvgIpc) is 2.76. The van der Waals surface area contributed by atoms with Gasteiger partial charge in [0.25, 0.3) is 0 Å². The molecule has 0 bridgehead atoms. The number of hydrogen-bond acceptors (Lipinski definition) is 4. The molecule has 0 spiro atoms. The first-order chi connectivity index (χ1) is 15.0. The summed E-state index contributed by atoms with van der Waals surface area (Å²) in [6.45, 7) is 5.64. The number of likely N-dealkylation sites (N-methyl/N-ethyl adjacent to an activating group) is 1. The monoisotopic (exact) mass is 450 g/mol. The molecule has 0 aromatic heterocycles. The second-order valence-electron chi connectivity index (χ2n) is 7.93. The number of nitrogens with zero attached hydrogens (tertiary/aromatic N) is 1. The number of rotatable bonds is 6. The number of nitrogens with one attached hydrogen (secondary N) is 1. The van der Waals surface area contributed by atoms with Crippen molar-refractivity contribution < 1.29 is 32.2 Å². The van der Waals surface area contributed by atoms with E-state index in [1.807, 2.05) is 0 Å². The molecule has 6 nitrogen and oxygen atoms in total. The second-order valence-corrected chi connectivity index (χ2v) is 7.93. The summed E-state index contributed by atoms with van der Waals surface area (Å²) in [5.41, 5.74) is -1.37. The molecule has 1 heterocycles. The van der Waals surface area contributed by atoms with Crippen LogP contribution in [0.15, 0.2) is 42.5 Å². The number of amides is 2. The summed E-state index contributed by atoms with van der Waals surface area (Å²) < 4.78 is 50.2. The Bertz CT molecular complexity index is 1000. The summed E-state index contributed by atoms with van der Waals surface area (Å²) >= 11 is 0. The van der Waals surface area contributed by atoms with Crippen LogP contribution in [0.2, 0.25) is 0 Å². The summed E-state index contributed by atoms with van der Waals surface area (Å²) in [7, 11) is 0. The Labute approximate surface area is 184 Å². The first-order valence-corrected chi connectivity index (χ1v) is 10.2. The zero-order chi connectivity index (χ0) is 23.5. The Morgan fingerprint density at radius 1 is 1.00 bits per heavy atom. The lowest BCUT2D eigenvalue weighted by Gasteiger charge is -2.31. The largest absolute Gasteiger partial charge is 0.486 e. The van der Waals surface area contributed by atoms with Crippen molar-refractivity contribution in [1.29, 1.82) is 0 Å². The zero-order valence-corrected chi connectivity index (χ0v) is 18.1. The fourth-order valence-corrected chi connectivity index (χ4v) is 3.43. The van der Waals surface area contributed by atoms with Crippen LogP contribution in [0.4, 0.5) is 18.9 Å². The number of halogens is 3. The molecule has 2 aromatic rings. The maximum atomic E-state index is 13.2. The van der Waals surface area contributed by atoms with E-state index in [-0.39, 0.29) is 18.7 Å². The van der Waals surface area contributed by atoms with Gasteiger partial charge in [0.1, 0.15) is 13.2 Å². The molecule has 1 N–H and O–H groups in total. The number of fused-ring (bicyclic) bond motifs is 1. The molecule has 9 heteroatoms.